The second-order valence-corrected chi connectivity index (χ2v) is 5.60. The van der Waals surface area contributed by atoms with Gasteiger partial charge in [0.05, 0.1) is 0 Å². The van der Waals surface area contributed by atoms with Gasteiger partial charge in [0.1, 0.15) is 0 Å². The fourth-order valence-electron chi connectivity index (χ4n) is 1.52. The van der Waals surface area contributed by atoms with Crippen LogP contribution in [0.5, 0.6) is 0 Å². The van der Waals surface area contributed by atoms with Gasteiger partial charge in [-0.3, -0.25) is 4.98 Å². The molecule has 0 saturated carbocycles. The van der Waals surface area contributed by atoms with Crippen molar-refractivity contribution in [3.05, 3.63) is 30.1 Å². The Bertz CT molecular complexity index is 436. The highest BCUT2D eigenvalue weighted by atomic mass is 32.2. The van der Waals surface area contributed by atoms with Crippen molar-refractivity contribution < 1.29 is 8.42 Å². The second-order valence-electron chi connectivity index (χ2n) is 3.84. The molecule has 0 aliphatic heterocycles. The summed E-state index contributed by atoms with van der Waals surface area (Å²) in [6, 6.07) is 3.64. The first-order valence-electron chi connectivity index (χ1n) is 5.94. The van der Waals surface area contributed by atoms with Crippen LogP contribution < -0.4 is 10.5 Å². The molecule has 0 amide bonds. The first-order valence-corrected chi connectivity index (χ1v) is 7.38. The fraction of sp³-hybridized carbons (Fsp3) is 0.545. The predicted octanol–water partition coefficient (Wildman–Crippen LogP) is 0.0867. The molecule has 0 atom stereocenters. The zero-order valence-electron chi connectivity index (χ0n) is 10.5. The predicted molar refractivity (Wildman–Crippen MR) is 70.9 cm³/mol. The minimum absolute atomic E-state index is 0.309. The van der Waals surface area contributed by atoms with Gasteiger partial charge in [0, 0.05) is 32.0 Å². The van der Waals surface area contributed by atoms with E-state index in [1.807, 2.05) is 6.07 Å². The van der Waals surface area contributed by atoms with Gasteiger partial charge in [-0.15, -0.1) is 0 Å². The van der Waals surface area contributed by atoms with E-state index in [9.17, 15) is 8.42 Å². The third-order valence-electron chi connectivity index (χ3n) is 2.36. The molecular formula is C11H20N4O2S. The van der Waals surface area contributed by atoms with Crippen molar-refractivity contribution in [1.82, 2.24) is 14.0 Å². The second kappa shape index (κ2) is 7.42. The third-order valence-corrected chi connectivity index (χ3v) is 4.01. The van der Waals surface area contributed by atoms with E-state index in [1.54, 1.807) is 25.4 Å². The van der Waals surface area contributed by atoms with Crippen LogP contribution in [0.25, 0.3) is 0 Å². The van der Waals surface area contributed by atoms with Crippen LogP contribution in [0.2, 0.25) is 0 Å². The summed E-state index contributed by atoms with van der Waals surface area (Å²) in [7, 11) is -3.44. The van der Waals surface area contributed by atoms with E-state index in [2.05, 4.69) is 9.71 Å². The molecule has 0 aromatic carbocycles. The van der Waals surface area contributed by atoms with Gasteiger partial charge < -0.3 is 5.73 Å². The topological polar surface area (TPSA) is 88.3 Å². The Labute approximate surface area is 108 Å². The molecule has 7 heteroatoms. The molecule has 3 N–H and O–H groups in total. The summed E-state index contributed by atoms with van der Waals surface area (Å²) in [5.41, 5.74) is 6.29. The third kappa shape index (κ3) is 4.69. The van der Waals surface area contributed by atoms with Crippen molar-refractivity contribution in [3.63, 3.8) is 0 Å². The SMILES string of the molecule is CCNS(=O)(=O)N(CCCN)Cc1cccnc1. The Morgan fingerprint density at radius 2 is 2.28 bits per heavy atom. The van der Waals surface area contributed by atoms with E-state index in [0.717, 1.165) is 5.56 Å². The average molecular weight is 272 g/mol. The zero-order valence-corrected chi connectivity index (χ0v) is 11.4. The molecule has 0 bridgehead atoms. The van der Waals surface area contributed by atoms with Crippen LogP contribution >= 0.6 is 0 Å². The van der Waals surface area contributed by atoms with Gasteiger partial charge >= 0.3 is 0 Å². The van der Waals surface area contributed by atoms with E-state index >= 15 is 0 Å². The summed E-state index contributed by atoms with van der Waals surface area (Å²) in [6.07, 6.45) is 3.95. The number of pyridine rings is 1. The monoisotopic (exact) mass is 272 g/mol. The molecule has 102 valence electrons. The van der Waals surface area contributed by atoms with Gasteiger partial charge in [-0.1, -0.05) is 13.0 Å². The van der Waals surface area contributed by atoms with Crippen molar-refractivity contribution in [2.24, 2.45) is 5.73 Å². The Morgan fingerprint density at radius 1 is 1.50 bits per heavy atom. The lowest BCUT2D eigenvalue weighted by Crippen LogP contribution is -2.41. The van der Waals surface area contributed by atoms with Gasteiger partial charge in [-0.25, -0.2) is 4.72 Å². The molecular weight excluding hydrogens is 252 g/mol. The maximum absolute atomic E-state index is 12.0. The molecule has 6 nitrogen and oxygen atoms in total. The maximum Gasteiger partial charge on any atom is 0.279 e. The largest absolute Gasteiger partial charge is 0.330 e. The molecule has 0 aliphatic carbocycles. The molecule has 0 radical (unpaired) electrons. The van der Waals surface area contributed by atoms with E-state index in [4.69, 9.17) is 5.73 Å². The van der Waals surface area contributed by atoms with Gasteiger partial charge in [0.2, 0.25) is 0 Å². The van der Waals surface area contributed by atoms with Crippen molar-refractivity contribution in [2.75, 3.05) is 19.6 Å². The van der Waals surface area contributed by atoms with E-state index in [-0.39, 0.29) is 0 Å². The first kappa shape index (κ1) is 15.0. The summed E-state index contributed by atoms with van der Waals surface area (Å²) in [4.78, 5) is 3.98. The average Bonchev–Trinajstić information content (AvgIpc) is 2.35. The Balaban J connectivity index is 2.78. The highest BCUT2D eigenvalue weighted by molar-refractivity contribution is 7.87. The molecule has 18 heavy (non-hydrogen) atoms. The van der Waals surface area contributed by atoms with Crippen LogP contribution in [0.15, 0.2) is 24.5 Å². The van der Waals surface area contributed by atoms with Crippen LogP contribution in [0.3, 0.4) is 0 Å². The highest BCUT2D eigenvalue weighted by Gasteiger charge is 2.20. The maximum atomic E-state index is 12.0. The smallest absolute Gasteiger partial charge is 0.279 e. The zero-order chi connectivity index (χ0) is 13.4. The van der Waals surface area contributed by atoms with Crippen molar-refractivity contribution >= 4 is 10.2 Å². The number of nitrogens with one attached hydrogen (secondary N) is 1. The van der Waals surface area contributed by atoms with E-state index in [1.165, 1.54) is 4.31 Å². The molecule has 0 saturated heterocycles. The number of hydrogen-bond acceptors (Lipinski definition) is 4. The van der Waals surface area contributed by atoms with Gasteiger partial charge in [-0.2, -0.15) is 12.7 Å². The van der Waals surface area contributed by atoms with Crippen LogP contribution in [-0.4, -0.2) is 37.3 Å². The molecule has 1 aromatic heterocycles. The fourth-order valence-corrected chi connectivity index (χ4v) is 2.76. The van der Waals surface area contributed by atoms with Crippen molar-refractivity contribution in [3.8, 4) is 0 Å². The Kier molecular flexibility index (Phi) is 6.20. The normalized spacial score (nSPS) is 11.9. The lowest BCUT2D eigenvalue weighted by atomic mass is 10.3. The van der Waals surface area contributed by atoms with Gasteiger partial charge in [-0.05, 0) is 24.6 Å². The van der Waals surface area contributed by atoms with Crippen LogP contribution in [0, 0.1) is 0 Å². The van der Waals surface area contributed by atoms with Crippen LogP contribution in [0.4, 0.5) is 0 Å². The first-order chi connectivity index (χ1) is 8.60. The van der Waals surface area contributed by atoms with Gasteiger partial charge in [0.15, 0.2) is 0 Å². The quantitative estimate of drug-likeness (QED) is 0.702. The van der Waals surface area contributed by atoms with E-state index < -0.39 is 10.2 Å². The molecule has 0 fully saturated rings. The highest BCUT2D eigenvalue weighted by Crippen LogP contribution is 2.07. The van der Waals surface area contributed by atoms with Crippen molar-refractivity contribution in [1.29, 1.82) is 0 Å². The minimum Gasteiger partial charge on any atom is -0.330 e. The van der Waals surface area contributed by atoms with Crippen LogP contribution in [0.1, 0.15) is 18.9 Å². The standard InChI is InChI=1S/C11H20N4O2S/c1-2-14-18(16,17)15(8-4-6-12)10-11-5-3-7-13-9-11/h3,5,7,9,14H,2,4,6,8,10,12H2,1H3. The van der Waals surface area contributed by atoms with E-state index in [0.29, 0.717) is 32.6 Å². The number of aromatic nitrogens is 1. The number of nitrogens with two attached hydrogens (primary N) is 1. The number of nitrogens with zero attached hydrogens (tertiary/aromatic N) is 2. The van der Waals surface area contributed by atoms with Crippen molar-refractivity contribution in [2.45, 2.75) is 19.9 Å². The summed E-state index contributed by atoms with van der Waals surface area (Å²) in [5, 5.41) is 0. The van der Waals surface area contributed by atoms with Gasteiger partial charge in [0.25, 0.3) is 10.2 Å². The summed E-state index contributed by atoms with van der Waals surface area (Å²) in [6.45, 7) is 3.30. The summed E-state index contributed by atoms with van der Waals surface area (Å²) in [5.74, 6) is 0. The minimum atomic E-state index is -3.44. The lowest BCUT2D eigenvalue weighted by Gasteiger charge is -2.21. The molecule has 1 heterocycles. The van der Waals surface area contributed by atoms with Crippen LogP contribution in [-0.2, 0) is 16.8 Å². The lowest BCUT2D eigenvalue weighted by molar-refractivity contribution is 0.394. The molecule has 0 aliphatic rings. The molecule has 0 unspecified atom stereocenters. The molecule has 1 aromatic rings. The number of rotatable bonds is 8. The summed E-state index contributed by atoms with van der Waals surface area (Å²) < 4.78 is 27.9. The molecule has 1 rings (SSSR count). The Hall–Kier alpha value is -1.02. The number of hydrogen-bond donors (Lipinski definition) is 2. The molecule has 0 spiro atoms. The summed E-state index contributed by atoms with van der Waals surface area (Å²) >= 11 is 0. The Morgan fingerprint density at radius 3 is 2.83 bits per heavy atom.